The quantitative estimate of drug-likeness (QED) is 0.874. The molecule has 3 rings (SSSR count). The SMILES string of the molecule is Cc1ccc(-c2cn[nH]c2C2CCCN(C=[PH](C)C)C2)cc1. The van der Waals surface area contributed by atoms with Crippen LogP contribution in [0.1, 0.15) is 30.0 Å². The minimum absolute atomic E-state index is 0.316. The van der Waals surface area contributed by atoms with Crippen molar-refractivity contribution in [1.29, 1.82) is 0 Å². The smallest absolute Gasteiger partial charge is 0.0568 e. The summed E-state index contributed by atoms with van der Waals surface area (Å²) in [5.41, 5.74) is 5.15. The predicted octanol–water partition coefficient (Wildman–Crippen LogP) is 3.80. The summed E-state index contributed by atoms with van der Waals surface area (Å²) in [6, 6.07) is 8.76. The summed E-state index contributed by atoms with van der Waals surface area (Å²) in [4.78, 5) is 2.53. The lowest BCUT2D eigenvalue weighted by atomic mass is 9.91. The Balaban J connectivity index is 1.85. The molecule has 1 unspecified atom stereocenters. The Morgan fingerprint density at radius 1 is 1.27 bits per heavy atom. The number of likely N-dealkylation sites (tertiary alicyclic amines) is 1. The maximum Gasteiger partial charge on any atom is 0.0568 e. The topological polar surface area (TPSA) is 31.9 Å². The minimum Gasteiger partial charge on any atom is -0.282 e. The van der Waals surface area contributed by atoms with Crippen molar-refractivity contribution >= 4 is 13.5 Å². The fourth-order valence-corrected chi connectivity index (χ4v) is 4.26. The van der Waals surface area contributed by atoms with E-state index in [9.17, 15) is 0 Å². The number of H-pyrrole nitrogens is 1. The predicted molar refractivity (Wildman–Crippen MR) is 98.5 cm³/mol. The molecule has 1 aliphatic heterocycles. The molecule has 1 saturated heterocycles. The van der Waals surface area contributed by atoms with E-state index in [4.69, 9.17) is 0 Å². The number of hydrogen-bond acceptors (Lipinski definition) is 1. The standard InChI is InChI=1S/C18H26N3P/c1-14-6-8-15(9-7-14)17-11-19-20-18(17)16-5-4-10-21(12-16)13-22(2)3/h6-9,11,13,16,22H,4-5,10,12H2,1-3H3,(H,19,20). The van der Waals surface area contributed by atoms with E-state index in [2.05, 4.69) is 65.5 Å². The normalized spacial score (nSPS) is 19.5. The fourth-order valence-electron chi connectivity index (χ4n) is 3.29. The molecule has 1 fully saturated rings. The monoisotopic (exact) mass is 315 g/mol. The molecule has 0 aliphatic carbocycles. The van der Waals surface area contributed by atoms with Crippen LogP contribution < -0.4 is 0 Å². The maximum atomic E-state index is 4.33. The highest BCUT2D eigenvalue weighted by atomic mass is 31.1. The number of nitrogens with zero attached hydrogens (tertiary/aromatic N) is 2. The third-order valence-corrected chi connectivity index (χ3v) is 5.21. The highest BCUT2D eigenvalue weighted by Gasteiger charge is 2.24. The Morgan fingerprint density at radius 3 is 2.77 bits per heavy atom. The largest absolute Gasteiger partial charge is 0.282 e. The first-order valence-corrected chi connectivity index (χ1v) is 10.7. The molecule has 2 aromatic rings. The molecule has 0 bridgehead atoms. The van der Waals surface area contributed by atoms with Crippen molar-refractivity contribution in [2.75, 3.05) is 26.4 Å². The summed E-state index contributed by atoms with van der Waals surface area (Å²) in [6.07, 6.45) is 4.50. The van der Waals surface area contributed by atoms with Crippen LogP contribution >= 0.6 is 7.55 Å². The second-order valence-corrected chi connectivity index (χ2v) is 9.02. The Labute approximate surface area is 134 Å². The van der Waals surface area contributed by atoms with E-state index in [-0.39, 0.29) is 7.55 Å². The average molecular weight is 315 g/mol. The summed E-state index contributed by atoms with van der Waals surface area (Å²) in [7, 11) is -0.316. The number of aryl methyl sites for hydroxylation is 1. The van der Waals surface area contributed by atoms with Crippen LogP contribution in [0.2, 0.25) is 0 Å². The van der Waals surface area contributed by atoms with Crippen LogP contribution in [0.4, 0.5) is 0 Å². The maximum absolute atomic E-state index is 4.33. The van der Waals surface area contributed by atoms with Gasteiger partial charge in [-0.1, -0.05) is 29.8 Å². The molecule has 118 valence electrons. The van der Waals surface area contributed by atoms with Gasteiger partial charge in [-0.2, -0.15) is 5.10 Å². The summed E-state index contributed by atoms with van der Waals surface area (Å²) in [5, 5.41) is 7.61. The molecule has 0 spiro atoms. The van der Waals surface area contributed by atoms with E-state index in [1.54, 1.807) is 0 Å². The molecule has 2 heterocycles. The first-order valence-electron chi connectivity index (χ1n) is 8.13. The molecule has 1 aliphatic rings. The van der Waals surface area contributed by atoms with E-state index >= 15 is 0 Å². The van der Waals surface area contributed by atoms with Crippen molar-refractivity contribution in [1.82, 2.24) is 15.1 Å². The first-order chi connectivity index (χ1) is 10.6. The third kappa shape index (κ3) is 3.53. The van der Waals surface area contributed by atoms with Crippen LogP contribution in [0.15, 0.2) is 30.5 Å². The number of benzene rings is 1. The number of hydrogen-bond donors (Lipinski definition) is 1. The second kappa shape index (κ2) is 6.85. The van der Waals surface area contributed by atoms with Crippen molar-refractivity contribution in [3.8, 4) is 11.1 Å². The van der Waals surface area contributed by atoms with Crippen LogP contribution in [-0.2, 0) is 0 Å². The Bertz CT molecular complexity index is 653. The Morgan fingerprint density at radius 2 is 2.05 bits per heavy atom. The molecule has 0 saturated carbocycles. The lowest BCUT2D eigenvalue weighted by Gasteiger charge is -2.30. The lowest BCUT2D eigenvalue weighted by Crippen LogP contribution is -2.33. The third-order valence-electron chi connectivity index (χ3n) is 4.33. The van der Waals surface area contributed by atoms with Crippen molar-refractivity contribution < 1.29 is 0 Å². The van der Waals surface area contributed by atoms with Crippen LogP contribution in [0.25, 0.3) is 11.1 Å². The van der Waals surface area contributed by atoms with Crippen LogP contribution in [0.3, 0.4) is 0 Å². The van der Waals surface area contributed by atoms with Crippen molar-refractivity contribution in [3.05, 3.63) is 41.7 Å². The van der Waals surface area contributed by atoms with Gasteiger partial charge < -0.3 is 0 Å². The number of rotatable bonds is 3. The highest BCUT2D eigenvalue weighted by Crippen LogP contribution is 2.33. The lowest BCUT2D eigenvalue weighted by molar-refractivity contribution is 0.316. The van der Waals surface area contributed by atoms with Crippen molar-refractivity contribution in [2.45, 2.75) is 25.7 Å². The molecular weight excluding hydrogens is 289 g/mol. The van der Waals surface area contributed by atoms with Gasteiger partial charge in [0, 0.05) is 30.3 Å². The molecule has 22 heavy (non-hydrogen) atoms. The Hall–Kier alpha value is -1.31. The van der Waals surface area contributed by atoms with Gasteiger partial charge in [-0.15, -0.1) is 7.55 Å². The molecule has 1 aromatic heterocycles. The van der Waals surface area contributed by atoms with Gasteiger partial charge in [-0.05, 0) is 44.6 Å². The molecule has 1 N–H and O–H groups in total. The van der Waals surface area contributed by atoms with Crippen LogP contribution in [0.5, 0.6) is 0 Å². The summed E-state index contributed by atoms with van der Waals surface area (Å²) in [6.45, 7) is 9.16. The zero-order chi connectivity index (χ0) is 15.5. The molecule has 3 nitrogen and oxygen atoms in total. The zero-order valence-corrected chi connectivity index (χ0v) is 14.8. The van der Waals surface area contributed by atoms with E-state index < -0.39 is 0 Å². The van der Waals surface area contributed by atoms with Crippen molar-refractivity contribution in [2.24, 2.45) is 0 Å². The highest BCUT2D eigenvalue weighted by molar-refractivity contribution is 7.55. The van der Waals surface area contributed by atoms with E-state index in [1.165, 1.54) is 41.8 Å². The van der Waals surface area contributed by atoms with Gasteiger partial charge in [0.15, 0.2) is 0 Å². The first kappa shape index (κ1) is 15.6. The second-order valence-electron chi connectivity index (χ2n) is 6.60. The molecule has 0 radical (unpaired) electrons. The van der Waals surface area contributed by atoms with E-state index in [0.717, 1.165) is 6.54 Å². The Kier molecular flexibility index (Phi) is 4.85. The van der Waals surface area contributed by atoms with Gasteiger partial charge in [0.2, 0.25) is 0 Å². The molecular formula is C18H26N3P. The summed E-state index contributed by atoms with van der Waals surface area (Å²) in [5.74, 6) is 3.03. The fraction of sp³-hybridized carbons (Fsp3) is 0.444. The molecule has 1 aromatic carbocycles. The minimum atomic E-state index is -0.316. The van der Waals surface area contributed by atoms with Crippen LogP contribution in [0, 0.1) is 6.92 Å². The van der Waals surface area contributed by atoms with Gasteiger partial charge in [0.05, 0.1) is 6.20 Å². The van der Waals surface area contributed by atoms with E-state index in [1.807, 2.05) is 6.20 Å². The summed E-state index contributed by atoms with van der Waals surface area (Å²) >= 11 is 0. The molecule has 1 atom stereocenters. The number of aromatic nitrogens is 2. The van der Waals surface area contributed by atoms with Gasteiger partial charge in [-0.3, -0.25) is 10.00 Å². The number of piperidine rings is 1. The number of nitrogens with one attached hydrogen (secondary N) is 1. The van der Waals surface area contributed by atoms with Gasteiger partial charge >= 0.3 is 0 Å². The molecule has 0 amide bonds. The van der Waals surface area contributed by atoms with Crippen LogP contribution in [-0.4, -0.2) is 47.4 Å². The number of aromatic amines is 1. The average Bonchev–Trinajstić information content (AvgIpc) is 2.97. The van der Waals surface area contributed by atoms with Gasteiger partial charge in [0.25, 0.3) is 0 Å². The molecule has 4 heteroatoms. The van der Waals surface area contributed by atoms with Gasteiger partial charge in [-0.25, -0.2) is 0 Å². The van der Waals surface area contributed by atoms with Gasteiger partial charge in [0.1, 0.15) is 0 Å². The zero-order valence-electron chi connectivity index (χ0n) is 13.8. The summed E-state index contributed by atoms with van der Waals surface area (Å²) < 4.78 is 0. The van der Waals surface area contributed by atoms with Crippen molar-refractivity contribution in [3.63, 3.8) is 0 Å². The van der Waals surface area contributed by atoms with E-state index in [0.29, 0.717) is 5.92 Å².